The molecule has 3 rings (SSSR count). The van der Waals surface area contributed by atoms with Crippen molar-refractivity contribution in [2.75, 3.05) is 32.8 Å². The van der Waals surface area contributed by atoms with Crippen LogP contribution in [0.25, 0.3) is 0 Å². The van der Waals surface area contributed by atoms with E-state index in [1.54, 1.807) is 6.92 Å². The lowest BCUT2D eigenvalue weighted by Crippen LogP contribution is -2.43. The average Bonchev–Trinajstić information content (AvgIpc) is 2.69. The normalized spacial score (nSPS) is 16.6. The van der Waals surface area contributed by atoms with Gasteiger partial charge in [0, 0.05) is 31.3 Å². The lowest BCUT2D eigenvalue weighted by Gasteiger charge is -2.31. The quantitative estimate of drug-likeness (QED) is 0.560. The van der Waals surface area contributed by atoms with Crippen molar-refractivity contribution in [3.63, 3.8) is 0 Å². The fourth-order valence-electron chi connectivity index (χ4n) is 3.15. The number of rotatable bonds is 7. The number of morpholine rings is 1. The molecule has 1 N–H and O–H groups in total. The number of hydrogen-bond acceptors (Lipinski definition) is 6. The van der Waals surface area contributed by atoms with Gasteiger partial charge in [0.2, 0.25) is 10.0 Å². The summed E-state index contributed by atoms with van der Waals surface area (Å²) < 4.78 is 34.0. The molecule has 1 unspecified atom stereocenters. The van der Waals surface area contributed by atoms with Gasteiger partial charge in [0.15, 0.2) is 0 Å². The van der Waals surface area contributed by atoms with Gasteiger partial charge in [0.05, 0.1) is 29.1 Å². The van der Waals surface area contributed by atoms with Gasteiger partial charge < -0.3 is 4.74 Å². The van der Waals surface area contributed by atoms with Crippen LogP contribution in [-0.4, -0.2) is 51.1 Å². The van der Waals surface area contributed by atoms with Gasteiger partial charge in [-0.1, -0.05) is 36.4 Å². The Hall–Kier alpha value is -2.33. The van der Waals surface area contributed by atoms with E-state index in [1.165, 1.54) is 12.1 Å². The van der Waals surface area contributed by atoms with E-state index in [4.69, 9.17) is 4.74 Å². The van der Waals surface area contributed by atoms with E-state index in [-0.39, 0.29) is 10.6 Å². The summed E-state index contributed by atoms with van der Waals surface area (Å²) in [7, 11) is -3.94. The van der Waals surface area contributed by atoms with E-state index in [2.05, 4.69) is 9.62 Å². The Morgan fingerprint density at radius 1 is 1.18 bits per heavy atom. The van der Waals surface area contributed by atoms with E-state index >= 15 is 0 Å². The first-order chi connectivity index (χ1) is 13.4. The van der Waals surface area contributed by atoms with Crippen LogP contribution in [0.15, 0.2) is 53.4 Å². The van der Waals surface area contributed by atoms with Gasteiger partial charge in [-0.2, -0.15) is 0 Å². The van der Waals surface area contributed by atoms with Crippen LogP contribution < -0.4 is 4.72 Å². The van der Waals surface area contributed by atoms with E-state index in [0.29, 0.717) is 25.3 Å². The van der Waals surface area contributed by atoms with E-state index in [1.807, 2.05) is 30.3 Å². The molecule has 0 spiro atoms. The zero-order valence-electron chi connectivity index (χ0n) is 15.6. The number of hydrogen-bond donors (Lipinski definition) is 1. The molecular weight excluding hydrogens is 382 g/mol. The minimum atomic E-state index is -3.94. The zero-order valence-corrected chi connectivity index (χ0v) is 16.4. The Morgan fingerprint density at radius 2 is 1.86 bits per heavy atom. The molecule has 1 fully saturated rings. The number of nitrogens with zero attached hydrogens (tertiary/aromatic N) is 2. The van der Waals surface area contributed by atoms with Crippen LogP contribution in [0.3, 0.4) is 0 Å². The number of aryl methyl sites for hydroxylation is 1. The van der Waals surface area contributed by atoms with Crippen LogP contribution in [0, 0.1) is 17.0 Å². The first-order valence-corrected chi connectivity index (χ1v) is 10.5. The van der Waals surface area contributed by atoms with E-state index in [0.717, 1.165) is 24.7 Å². The van der Waals surface area contributed by atoms with Crippen LogP contribution in [-0.2, 0) is 14.8 Å². The van der Waals surface area contributed by atoms with Crippen LogP contribution in [0.5, 0.6) is 0 Å². The molecule has 0 aliphatic carbocycles. The van der Waals surface area contributed by atoms with Gasteiger partial charge in [-0.25, -0.2) is 13.1 Å². The Bertz CT molecular complexity index is 928. The number of nitrogens with one attached hydrogen (secondary N) is 1. The topological polar surface area (TPSA) is 102 Å². The molecule has 1 aliphatic heterocycles. The maximum absolute atomic E-state index is 13.0. The van der Waals surface area contributed by atoms with Crippen molar-refractivity contribution in [1.29, 1.82) is 0 Å². The van der Waals surface area contributed by atoms with Gasteiger partial charge >= 0.3 is 0 Å². The average molecular weight is 405 g/mol. The molecule has 9 heteroatoms. The highest BCUT2D eigenvalue weighted by molar-refractivity contribution is 7.89. The monoisotopic (exact) mass is 405 g/mol. The van der Waals surface area contributed by atoms with Crippen molar-refractivity contribution < 1.29 is 18.1 Å². The largest absolute Gasteiger partial charge is 0.379 e. The van der Waals surface area contributed by atoms with Crippen molar-refractivity contribution in [2.24, 2.45) is 0 Å². The molecule has 0 aromatic heterocycles. The first-order valence-electron chi connectivity index (χ1n) is 8.99. The maximum Gasteiger partial charge on any atom is 0.273 e. The summed E-state index contributed by atoms with van der Waals surface area (Å²) in [6, 6.07) is 12.8. The van der Waals surface area contributed by atoms with Crippen molar-refractivity contribution in [2.45, 2.75) is 17.9 Å². The molecule has 1 atom stereocenters. The molecule has 8 nitrogen and oxygen atoms in total. The standard InChI is InChI=1S/C19H23N3O5S/c1-15-7-8-17(13-19(15)22(23)24)28(25,26)20-18(16-5-3-2-4-6-16)14-21-9-11-27-12-10-21/h2-8,13,18,20H,9-12,14H2,1H3. The summed E-state index contributed by atoms with van der Waals surface area (Å²) in [6.45, 7) is 4.73. The third kappa shape index (κ3) is 4.93. The van der Waals surface area contributed by atoms with E-state index < -0.39 is 21.0 Å². The smallest absolute Gasteiger partial charge is 0.273 e. The highest BCUT2D eigenvalue weighted by Crippen LogP contribution is 2.24. The molecule has 1 heterocycles. The van der Waals surface area contributed by atoms with Crippen LogP contribution in [0.1, 0.15) is 17.2 Å². The predicted molar refractivity (Wildman–Crippen MR) is 105 cm³/mol. The van der Waals surface area contributed by atoms with Crippen molar-refractivity contribution in [3.8, 4) is 0 Å². The molecule has 0 saturated carbocycles. The number of benzene rings is 2. The Labute approximate surface area is 164 Å². The maximum atomic E-state index is 13.0. The lowest BCUT2D eigenvalue weighted by molar-refractivity contribution is -0.385. The van der Waals surface area contributed by atoms with Gasteiger partial charge in [-0.15, -0.1) is 0 Å². The second-order valence-corrected chi connectivity index (χ2v) is 8.42. The SMILES string of the molecule is Cc1ccc(S(=O)(=O)NC(CN2CCOCC2)c2ccccc2)cc1[N+](=O)[O-]. The summed E-state index contributed by atoms with van der Waals surface area (Å²) in [5.41, 5.74) is 1.03. The Balaban J connectivity index is 1.88. The van der Waals surface area contributed by atoms with E-state index in [9.17, 15) is 18.5 Å². The van der Waals surface area contributed by atoms with Gasteiger partial charge in [-0.05, 0) is 18.6 Å². The molecule has 0 radical (unpaired) electrons. The molecule has 2 aromatic carbocycles. The first kappa shape index (κ1) is 20.4. The van der Waals surface area contributed by atoms with Gasteiger partial charge in [-0.3, -0.25) is 15.0 Å². The minimum Gasteiger partial charge on any atom is -0.379 e. The van der Waals surface area contributed by atoms with Crippen LogP contribution in [0.2, 0.25) is 0 Å². The molecule has 1 saturated heterocycles. The fraction of sp³-hybridized carbons (Fsp3) is 0.368. The number of nitro benzene ring substituents is 1. The molecule has 0 bridgehead atoms. The molecular formula is C19H23N3O5S. The van der Waals surface area contributed by atoms with Gasteiger partial charge in [0.25, 0.3) is 5.69 Å². The zero-order chi connectivity index (χ0) is 20.1. The molecule has 2 aromatic rings. The summed E-state index contributed by atoms with van der Waals surface area (Å²) in [5, 5.41) is 11.2. The van der Waals surface area contributed by atoms with Crippen molar-refractivity contribution in [1.82, 2.24) is 9.62 Å². The minimum absolute atomic E-state index is 0.118. The molecule has 150 valence electrons. The third-order valence-electron chi connectivity index (χ3n) is 4.73. The Morgan fingerprint density at radius 3 is 2.50 bits per heavy atom. The summed E-state index contributed by atoms with van der Waals surface area (Å²) in [5.74, 6) is 0. The molecule has 1 aliphatic rings. The fourth-order valence-corrected chi connectivity index (χ4v) is 4.38. The number of sulfonamides is 1. The lowest BCUT2D eigenvalue weighted by atomic mass is 10.1. The highest BCUT2D eigenvalue weighted by atomic mass is 32.2. The second-order valence-electron chi connectivity index (χ2n) is 6.70. The molecule has 28 heavy (non-hydrogen) atoms. The summed E-state index contributed by atoms with van der Waals surface area (Å²) >= 11 is 0. The number of ether oxygens (including phenoxy) is 1. The summed E-state index contributed by atoms with van der Waals surface area (Å²) in [4.78, 5) is 12.6. The summed E-state index contributed by atoms with van der Waals surface area (Å²) in [6.07, 6.45) is 0. The van der Waals surface area contributed by atoms with Crippen molar-refractivity contribution in [3.05, 3.63) is 69.8 Å². The van der Waals surface area contributed by atoms with Crippen LogP contribution >= 0.6 is 0 Å². The van der Waals surface area contributed by atoms with Gasteiger partial charge in [0.1, 0.15) is 0 Å². The predicted octanol–water partition coefficient (Wildman–Crippen LogP) is 2.26. The number of nitro groups is 1. The molecule has 0 amide bonds. The Kier molecular flexibility index (Phi) is 6.40. The third-order valence-corrected chi connectivity index (χ3v) is 6.20. The highest BCUT2D eigenvalue weighted by Gasteiger charge is 2.26. The van der Waals surface area contributed by atoms with Crippen LogP contribution in [0.4, 0.5) is 5.69 Å². The second kappa shape index (κ2) is 8.78. The van der Waals surface area contributed by atoms with Crippen molar-refractivity contribution >= 4 is 15.7 Å².